The Balaban J connectivity index is 1.42. The zero-order valence-electron chi connectivity index (χ0n) is 21.3. The third-order valence-electron chi connectivity index (χ3n) is 6.83. The van der Waals surface area contributed by atoms with Crippen LogP contribution in [0.4, 0.5) is 4.39 Å². The van der Waals surface area contributed by atoms with Crippen LogP contribution in [0.3, 0.4) is 0 Å². The van der Waals surface area contributed by atoms with Crippen LogP contribution in [0.5, 0.6) is 0 Å². The molecule has 192 valence electrons. The van der Waals surface area contributed by atoms with Gasteiger partial charge in [0.15, 0.2) is 0 Å². The number of benzene rings is 2. The maximum Gasteiger partial charge on any atom is 0.305 e. The zero-order chi connectivity index (χ0) is 25.2. The first-order chi connectivity index (χ1) is 16.9. The van der Waals surface area contributed by atoms with Crippen LogP contribution in [-0.2, 0) is 27.1 Å². The molecule has 1 aliphatic rings. The number of carbonyl (C=O) groups excluding carboxylic acids is 1. The van der Waals surface area contributed by atoms with Crippen LogP contribution in [0.15, 0.2) is 42.5 Å². The zero-order valence-corrected chi connectivity index (χ0v) is 21.3. The Bertz CT molecular complexity index is 950. The molecule has 3 rings (SSSR count). The maximum atomic E-state index is 13.9. The average molecular weight is 486 g/mol. The summed E-state index contributed by atoms with van der Waals surface area (Å²) < 4.78 is 24.9. The number of halogens is 1. The Morgan fingerprint density at radius 2 is 2.03 bits per heavy atom. The van der Waals surface area contributed by atoms with E-state index < -0.39 is 6.10 Å². The Hall–Kier alpha value is -2.28. The quantitative estimate of drug-likeness (QED) is 0.296. The lowest BCUT2D eigenvalue weighted by molar-refractivity contribution is -0.143. The number of aryl methyl sites for hydroxylation is 2. The SMILES string of the molecule is CCOC(=O)CCCCc1ccccc1[C@@H](C)OC[C@@H](O)CN1CC[C@H]1Cc1ccc(C)c(F)c1. The molecule has 1 heterocycles. The summed E-state index contributed by atoms with van der Waals surface area (Å²) in [7, 11) is 0. The summed E-state index contributed by atoms with van der Waals surface area (Å²) >= 11 is 0. The van der Waals surface area contributed by atoms with Crippen molar-refractivity contribution >= 4 is 5.97 Å². The van der Waals surface area contributed by atoms with Crippen molar-refractivity contribution in [2.45, 2.75) is 77.5 Å². The van der Waals surface area contributed by atoms with Gasteiger partial charge < -0.3 is 14.6 Å². The molecule has 0 unspecified atom stereocenters. The summed E-state index contributed by atoms with van der Waals surface area (Å²) in [4.78, 5) is 13.8. The van der Waals surface area contributed by atoms with Crippen molar-refractivity contribution in [3.63, 3.8) is 0 Å². The molecule has 0 aromatic heterocycles. The highest BCUT2D eigenvalue weighted by atomic mass is 19.1. The van der Waals surface area contributed by atoms with Gasteiger partial charge in [0.25, 0.3) is 0 Å². The minimum absolute atomic E-state index is 0.131. The Morgan fingerprint density at radius 1 is 1.23 bits per heavy atom. The number of carbonyl (C=O) groups is 1. The second-order valence-corrected chi connectivity index (χ2v) is 9.57. The number of esters is 1. The number of rotatable bonds is 14. The van der Waals surface area contributed by atoms with Crippen LogP contribution in [0.2, 0.25) is 0 Å². The van der Waals surface area contributed by atoms with Crippen molar-refractivity contribution in [2.24, 2.45) is 0 Å². The largest absolute Gasteiger partial charge is 0.466 e. The molecule has 6 heteroatoms. The van der Waals surface area contributed by atoms with Gasteiger partial charge >= 0.3 is 5.97 Å². The minimum atomic E-state index is -0.577. The Morgan fingerprint density at radius 3 is 2.74 bits per heavy atom. The van der Waals surface area contributed by atoms with Gasteiger partial charge in [-0.25, -0.2) is 4.39 Å². The van der Waals surface area contributed by atoms with E-state index in [0.717, 1.165) is 49.8 Å². The fraction of sp³-hybridized carbons (Fsp3) is 0.552. The molecule has 1 fully saturated rings. The highest BCUT2D eigenvalue weighted by molar-refractivity contribution is 5.69. The highest BCUT2D eigenvalue weighted by Crippen LogP contribution is 2.25. The molecular weight excluding hydrogens is 445 g/mol. The summed E-state index contributed by atoms with van der Waals surface area (Å²) in [5.74, 6) is -0.294. The summed E-state index contributed by atoms with van der Waals surface area (Å²) in [5.41, 5.74) is 4.01. The normalized spacial score (nSPS) is 17.6. The molecular formula is C29H40FNO4. The molecule has 0 amide bonds. The first-order valence-corrected chi connectivity index (χ1v) is 12.9. The molecule has 0 bridgehead atoms. The summed E-state index contributed by atoms with van der Waals surface area (Å²) in [6, 6.07) is 14.0. The van der Waals surface area contributed by atoms with Crippen molar-refractivity contribution in [1.29, 1.82) is 0 Å². The molecule has 2 aromatic rings. The first-order valence-electron chi connectivity index (χ1n) is 12.9. The first kappa shape index (κ1) is 27.3. The van der Waals surface area contributed by atoms with Crippen LogP contribution < -0.4 is 0 Å². The minimum Gasteiger partial charge on any atom is -0.466 e. The number of aliphatic hydroxyl groups excluding tert-OH is 1. The van der Waals surface area contributed by atoms with Crippen LogP contribution in [0, 0.1) is 12.7 Å². The number of ether oxygens (including phenoxy) is 2. The van der Waals surface area contributed by atoms with Crippen LogP contribution >= 0.6 is 0 Å². The van der Waals surface area contributed by atoms with E-state index in [1.54, 1.807) is 13.0 Å². The van der Waals surface area contributed by atoms with E-state index in [1.165, 1.54) is 5.56 Å². The average Bonchev–Trinajstić information content (AvgIpc) is 2.84. The van der Waals surface area contributed by atoms with E-state index in [0.29, 0.717) is 31.2 Å². The molecule has 0 saturated carbocycles. The topological polar surface area (TPSA) is 59.0 Å². The predicted octanol–water partition coefficient (Wildman–Crippen LogP) is 5.17. The predicted molar refractivity (Wildman–Crippen MR) is 136 cm³/mol. The van der Waals surface area contributed by atoms with Gasteiger partial charge in [0.2, 0.25) is 0 Å². The van der Waals surface area contributed by atoms with E-state index in [1.807, 2.05) is 38.1 Å². The third-order valence-corrected chi connectivity index (χ3v) is 6.83. The number of hydrogen-bond donors (Lipinski definition) is 1. The van der Waals surface area contributed by atoms with Crippen LogP contribution in [-0.4, -0.2) is 54.4 Å². The molecule has 0 radical (unpaired) electrons. The molecule has 3 atom stereocenters. The van der Waals surface area contributed by atoms with Crippen molar-refractivity contribution < 1.29 is 23.8 Å². The van der Waals surface area contributed by atoms with E-state index in [4.69, 9.17) is 9.47 Å². The van der Waals surface area contributed by atoms with Gasteiger partial charge in [0.05, 0.1) is 25.4 Å². The molecule has 35 heavy (non-hydrogen) atoms. The fourth-order valence-corrected chi connectivity index (χ4v) is 4.65. The number of aliphatic hydroxyl groups is 1. The van der Waals surface area contributed by atoms with Gasteiger partial charge in [-0.2, -0.15) is 0 Å². The maximum absolute atomic E-state index is 13.9. The number of nitrogens with zero attached hydrogens (tertiary/aromatic N) is 1. The van der Waals surface area contributed by atoms with Crippen LogP contribution in [0.25, 0.3) is 0 Å². The smallest absolute Gasteiger partial charge is 0.305 e. The van der Waals surface area contributed by atoms with Gasteiger partial charge in [0.1, 0.15) is 5.82 Å². The van der Waals surface area contributed by atoms with E-state index in [9.17, 15) is 14.3 Å². The highest BCUT2D eigenvalue weighted by Gasteiger charge is 2.29. The molecule has 0 aliphatic carbocycles. The monoisotopic (exact) mass is 485 g/mol. The van der Waals surface area contributed by atoms with Gasteiger partial charge in [-0.15, -0.1) is 0 Å². The van der Waals surface area contributed by atoms with Crippen molar-refractivity contribution in [1.82, 2.24) is 4.90 Å². The van der Waals surface area contributed by atoms with Gasteiger partial charge in [-0.05, 0) is 81.2 Å². The number of likely N-dealkylation sites (tertiary alicyclic amines) is 1. The summed E-state index contributed by atoms with van der Waals surface area (Å²) in [6.45, 7) is 7.80. The Kier molecular flexibility index (Phi) is 10.7. The van der Waals surface area contributed by atoms with Gasteiger partial charge in [-0.1, -0.05) is 36.4 Å². The lowest BCUT2D eigenvalue weighted by atomic mass is 9.94. The molecule has 0 spiro atoms. The molecule has 2 aromatic carbocycles. The lowest BCUT2D eigenvalue weighted by Crippen LogP contribution is -2.52. The van der Waals surface area contributed by atoms with Crippen molar-refractivity contribution in [3.05, 3.63) is 70.5 Å². The third kappa shape index (κ3) is 8.41. The second-order valence-electron chi connectivity index (χ2n) is 9.57. The van der Waals surface area contributed by atoms with Gasteiger partial charge in [0, 0.05) is 25.6 Å². The second kappa shape index (κ2) is 13.7. The van der Waals surface area contributed by atoms with Gasteiger partial charge in [-0.3, -0.25) is 9.69 Å². The number of unbranched alkanes of at least 4 members (excludes halogenated alkanes) is 1. The molecule has 5 nitrogen and oxygen atoms in total. The molecule has 1 saturated heterocycles. The van der Waals surface area contributed by atoms with E-state index in [2.05, 4.69) is 17.0 Å². The summed E-state index contributed by atoms with van der Waals surface area (Å²) in [5, 5.41) is 10.6. The fourth-order valence-electron chi connectivity index (χ4n) is 4.65. The number of β-amino-alcohol motifs (C(OH)–C–C–N with tert-alkyl or cyclic N) is 1. The van der Waals surface area contributed by atoms with E-state index in [-0.39, 0.29) is 24.5 Å². The summed E-state index contributed by atoms with van der Waals surface area (Å²) in [6.07, 6.45) is 4.18. The van der Waals surface area contributed by atoms with E-state index >= 15 is 0 Å². The van der Waals surface area contributed by atoms with Crippen molar-refractivity contribution in [2.75, 3.05) is 26.3 Å². The lowest BCUT2D eigenvalue weighted by Gasteiger charge is -2.42. The van der Waals surface area contributed by atoms with Crippen molar-refractivity contribution in [3.8, 4) is 0 Å². The standard InChI is InChI=1S/C29H40FNO4/c1-4-34-29(33)12-8-6-10-24-9-5-7-11-27(24)22(3)35-20-26(32)19-31-16-15-25(31)17-23-14-13-21(2)28(30)18-23/h5,7,9,11,13-14,18,22,25-26,32H,4,6,8,10,12,15-17,19-20H2,1-3H3/t22-,25+,26+/m1/s1. The Labute approximate surface area is 209 Å². The number of hydrogen-bond acceptors (Lipinski definition) is 5. The molecule has 1 N–H and O–H groups in total. The van der Waals surface area contributed by atoms with Crippen LogP contribution in [0.1, 0.15) is 67.9 Å². The molecule has 1 aliphatic heterocycles.